The van der Waals surface area contributed by atoms with E-state index in [1.165, 1.54) is 0 Å². The lowest BCUT2D eigenvalue weighted by molar-refractivity contribution is -0.134. The normalized spacial score (nSPS) is 19.1. The Bertz CT molecular complexity index is 958. The van der Waals surface area contributed by atoms with Crippen molar-refractivity contribution in [2.75, 3.05) is 27.2 Å². The van der Waals surface area contributed by atoms with E-state index in [-0.39, 0.29) is 11.8 Å². The quantitative estimate of drug-likeness (QED) is 0.753. The topological polar surface area (TPSA) is 77.4 Å². The number of carbonyl (C=O) groups excluding carboxylic acids is 1. The van der Waals surface area contributed by atoms with Gasteiger partial charge in [0, 0.05) is 48.5 Å². The molecule has 3 aromatic heterocycles. The molecule has 0 aliphatic carbocycles. The smallest absolute Gasteiger partial charge is 0.245 e. The second kappa shape index (κ2) is 6.32. The minimum atomic E-state index is -0.418. The summed E-state index contributed by atoms with van der Waals surface area (Å²) in [6.45, 7) is 3.49. The highest BCUT2D eigenvalue weighted by Gasteiger charge is 2.32. The Morgan fingerprint density at radius 1 is 1.50 bits per heavy atom. The maximum atomic E-state index is 13.2. The van der Waals surface area contributed by atoms with Crippen LogP contribution < -0.4 is 0 Å². The zero-order valence-electron chi connectivity index (χ0n) is 15.4. The summed E-state index contributed by atoms with van der Waals surface area (Å²) in [4.78, 5) is 24.7. The Kier molecular flexibility index (Phi) is 4.11. The molecule has 7 heteroatoms. The van der Waals surface area contributed by atoms with Crippen LogP contribution in [-0.4, -0.2) is 68.6 Å². The van der Waals surface area contributed by atoms with Gasteiger partial charge in [0.15, 0.2) is 0 Å². The number of nitrogens with zero attached hydrogens (tertiary/aromatic N) is 4. The van der Waals surface area contributed by atoms with Crippen molar-refractivity contribution in [2.24, 2.45) is 0 Å². The SMILES string of the molecule is CC[C@H](C(=O)N1CCC(N(C)C)C1)n1cc2cc[nH]c3ncc(c1O)c23. The molecular formula is C19H25N5O2. The number of H-pyrrole nitrogens is 1. The van der Waals surface area contributed by atoms with Crippen LogP contribution in [0.2, 0.25) is 0 Å². The van der Waals surface area contributed by atoms with Gasteiger partial charge in [-0.2, -0.15) is 0 Å². The van der Waals surface area contributed by atoms with Crippen LogP contribution in [-0.2, 0) is 4.79 Å². The van der Waals surface area contributed by atoms with Crippen molar-refractivity contribution in [3.05, 3.63) is 24.7 Å². The van der Waals surface area contributed by atoms with E-state index in [9.17, 15) is 9.90 Å². The highest BCUT2D eigenvalue weighted by Crippen LogP contribution is 2.35. The Labute approximate surface area is 152 Å². The standard InChI is InChI=1S/C19H25N5O2/c1-4-15(19(26)23-8-6-13(11-23)22(2)3)24-10-12-5-7-20-17-16(12)14(9-21-17)18(24)25/h5,7,9-10,13,15,20,25H,4,6,8,11H2,1-3H3/t13?,15-/m1/s1. The second-order valence-corrected chi connectivity index (χ2v) is 7.30. The van der Waals surface area contributed by atoms with Crippen molar-refractivity contribution in [3.63, 3.8) is 0 Å². The monoisotopic (exact) mass is 355 g/mol. The highest BCUT2D eigenvalue weighted by atomic mass is 16.3. The molecule has 1 unspecified atom stereocenters. The van der Waals surface area contributed by atoms with Crippen LogP contribution >= 0.6 is 0 Å². The zero-order chi connectivity index (χ0) is 18.4. The average molecular weight is 355 g/mol. The molecule has 2 N–H and O–H groups in total. The third-order valence-corrected chi connectivity index (χ3v) is 5.58. The van der Waals surface area contributed by atoms with Crippen molar-refractivity contribution in [3.8, 4) is 5.88 Å². The van der Waals surface area contributed by atoms with Crippen LogP contribution in [0.5, 0.6) is 5.88 Å². The zero-order valence-corrected chi connectivity index (χ0v) is 15.4. The van der Waals surface area contributed by atoms with E-state index in [0.29, 0.717) is 17.8 Å². The van der Waals surface area contributed by atoms with Crippen LogP contribution in [0.1, 0.15) is 25.8 Å². The van der Waals surface area contributed by atoms with Gasteiger partial charge in [-0.1, -0.05) is 6.92 Å². The Hall–Kier alpha value is -2.54. The Morgan fingerprint density at radius 2 is 2.31 bits per heavy atom. The van der Waals surface area contributed by atoms with Gasteiger partial charge in [0.25, 0.3) is 0 Å². The van der Waals surface area contributed by atoms with Gasteiger partial charge in [0.05, 0.1) is 5.39 Å². The van der Waals surface area contributed by atoms with E-state index in [0.717, 1.165) is 35.9 Å². The van der Waals surface area contributed by atoms with Crippen LogP contribution in [0.25, 0.3) is 21.8 Å². The molecular weight excluding hydrogens is 330 g/mol. The largest absolute Gasteiger partial charge is 0.494 e. The fourth-order valence-electron chi connectivity index (χ4n) is 4.01. The first-order chi connectivity index (χ1) is 12.5. The van der Waals surface area contributed by atoms with E-state index < -0.39 is 6.04 Å². The van der Waals surface area contributed by atoms with E-state index in [2.05, 4.69) is 29.0 Å². The summed E-state index contributed by atoms with van der Waals surface area (Å²) in [7, 11) is 4.10. The summed E-state index contributed by atoms with van der Waals surface area (Å²) < 4.78 is 1.71. The fraction of sp³-hybridized carbons (Fsp3) is 0.474. The summed E-state index contributed by atoms with van der Waals surface area (Å²) in [5.41, 5.74) is 0.743. The van der Waals surface area contributed by atoms with Crippen molar-refractivity contribution in [1.29, 1.82) is 0 Å². The first kappa shape index (κ1) is 16.9. The van der Waals surface area contributed by atoms with Crippen molar-refractivity contribution < 1.29 is 9.90 Å². The van der Waals surface area contributed by atoms with E-state index in [1.807, 2.05) is 30.3 Å². The van der Waals surface area contributed by atoms with Crippen molar-refractivity contribution >= 4 is 27.7 Å². The maximum Gasteiger partial charge on any atom is 0.245 e. The molecule has 0 aromatic carbocycles. The molecule has 0 spiro atoms. The molecule has 4 rings (SSSR count). The number of aromatic amines is 1. The summed E-state index contributed by atoms with van der Waals surface area (Å²) in [6, 6.07) is 1.93. The van der Waals surface area contributed by atoms with Gasteiger partial charge >= 0.3 is 0 Å². The highest BCUT2D eigenvalue weighted by molar-refractivity contribution is 6.09. The molecule has 1 saturated heterocycles. The number of likely N-dealkylation sites (N-methyl/N-ethyl adjacent to an activating group) is 1. The van der Waals surface area contributed by atoms with Gasteiger partial charge in [-0.05, 0) is 33.0 Å². The third-order valence-electron chi connectivity index (χ3n) is 5.58. The number of aromatic nitrogens is 3. The Balaban J connectivity index is 1.73. The van der Waals surface area contributed by atoms with Crippen LogP contribution in [0, 0.1) is 0 Å². The first-order valence-electron chi connectivity index (χ1n) is 9.12. The van der Waals surface area contributed by atoms with Crippen molar-refractivity contribution in [1.82, 2.24) is 24.3 Å². The molecule has 0 saturated carbocycles. The van der Waals surface area contributed by atoms with Gasteiger partial charge in [-0.25, -0.2) is 4.98 Å². The number of amides is 1. The van der Waals surface area contributed by atoms with E-state index in [1.54, 1.807) is 10.8 Å². The third kappa shape index (κ3) is 2.54. The molecule has 1 fully saturated rings. The minimum absolute atomic E-state index is 0.0707. The summed E-state index contributed by atoms with van der Waals surface area (Å²) in [5.74, 6) is 0.171. The summed E-state index contributed by atoms with van der Waals surface area (Å²) >= 11 is 0. The predicted molar refractivity (Wildman–Crippen MR) is 101 cm³/mol. The molecule has 2 atom stereocenters. The van der Waals surface area contributed by atoms with Gasteiger partial charge in [0.2, 0.25) is 11.8 Å². The first-order valence-corrected chi connectivity index (χ1v) is 9.12. The van der Waals surface area contributed by atoms with E-state index >= 15 is 0 Å². The number of nitrogens with one attached hydrogen (secondary N) is 1. The van der Waals surface area contributed by atoms with E-state index in [4.69, 9.17) is 0 Å². The lowest BCUT2D eigenvalue weighted by Crippen LogP contribution is -2.38. The molecule has 1 amide bonds. The van der Waals surface area contributed by atoms with Gasteiger partial charge in [-0.15, -0.1) is 0 Å². The molecule has 1 aliphatic heterocycles. The number of carbonyl (C=O) groups is 1. The number of rotatable bonds is 4. The summed E-state index contributed by atoms with van der Waals surface area (Å²) in [6.07, 6.45) is 6.96. The summed E-state index contributed by atoms with van der Waals surface area (Å²) in [5, 5.41) is 13.4. The van der Waals surface area contributed by atoms with Crippen LogP contribution in [0.15, 0.2) is 24.7 Å². The number of aromatic hydroxyl groups is 1. The fourth-order valence-corrected chi connectivity index (χ4v) is 4.01. The van der Waals surface area contributed by atoms with Crippen LogP contribution in [0.3, 0.4) is 0 Å². The molecule has 0 radical (unpaired) electrons. The lowest BCUT2D eigenvalue weighted by atomic mass is 10.1. The molecule has 3 aromatic rings. The van der Waals surface area contributed by atoms with Crippen LogP contribution in [0.4, 0.5) is 0 Å². The number of hydrogen-bond donors (Lipinski definition) is 2. The maximum absolute atomic E-state index is 13.2. The number of hydrogen-bond acceptors (Lipinski definition) is 4. The predicted octanol–water partition coefficient (Wildman–Crippen LogP) is 2.34. The molecule has 1 aliphatic rings. The second-order valence-electron chi connectivity index (χ2n) is 7.30. The molecule has 26 heavy (non-hydrogen) atoms. The minimum Gasteiger partial charge on any atom is -0.494 e. The average Bonchev–Trinajstić information content (AvgIpc) is 3.28. The van der Waals surface area contributed by atoms with Gasteiger partial charge in [-0.3, -0.25) is 4.79 Å². The van der Waals surface area contributed by atoms with Gasteiger partial charge in [0.1, 0.15) is 11.7 Å². The number of pyridine rings is 2. The number of likely N-dealkylation sites (tertiary alicyclic amines) is 1. The lowest BCUT2D eigenvalue weighted by Gasteiger charge is -2.27. The van der Waals surface area contributed by atoms with Gasteiger partial charge < -0.3 is 24.5 Å². The molecule has 7 nitrogen and oxygen atoms in total. The Morgan fingerprint density at radius 3 is 3.00 bits per heavy atom. The molecule has 138 valence electrons. The van der Waals surface area contributed by atoms with Crippen molar-refractivity contribution in [2.45, 2.75) is 31.8 Å². The molecule has 4 heterocycles. The molecule has 0 bridgehead atoms.